The minimum Gasteiger partial charge on any atom is -0.295 e. The number of sulfonamides is 1. The van der Waals surface area contributed by atoms with E-state index < -0.39 is 10.0 Å². The molecule has 1 aromatic carbocycles. The Hall–Kier alpha value is -1.25. The standard InChI is InChI=1S/C10H11N3O2S3/c1-12-9(13(2)17-10(12)16)11-18(14,15)8-6-4-3-5-7-8/h3-7H,1-2H3. The molecule has 0 unspecified atom stereocenters. The van der Waals surface area contributed by atoms with Crippen molar-refractivity contribution < 1.29 is 8.42 Å². The number of hydrogen-bond acceptors (Lipinski definition) is 4. The number of hydrogen-bond donors (Lipinski definition) is 0. The SMILES string of the molecule is Cn1sc(=S)n(C)c1=NS(=O)(=O)c1ccccc1. The van der Waals surface area contributed by atoms with E-state index in [4.69, 9.17) is 12.2 Å². The van der Waals surface area contributed by atoms with E-state index >= 15 is 0 Å². The molecule has 2 aromatic rings. The van der Waals surface area contributed by atoms with Crippen LogP contribution in [0.2, 0.25) is 0 Å². The van der Waals surface area contributed by atoms with Gasteiger partial charge in [0.05, 0.1) is 4.90 Å². The number of aromatic nitrogens is 2. The van der Waals surface area contributed by atoms with E-state index in [9.17, 15) is 8.42 Å². The summed E-state index contributed by atoms with van der Waals surface area (Å²) in [7, 11) is -0.287. The molecule has 0 N–H and O–H groups in total. The Labute approximate surface area is 114 Å². The zero-order chi connectivity index (χ0) is 13.3. The van der Waals surface area contributed by atoms with Gasteiger partial charge in [0, 0.05) is 14.1 Å². The zero-order valence-electron chi connectivity index (χ0n) is 9.77. The Morgan fingerprint density at radius 2 is 1.83 bits per heavy atom. The van der Waals surface area contributed by atoms with E-state index in [1.54, 1.807) is 40.8 Å². The van der Waals surface area contributed by atoms with Gasteiger partial charge in [0.25, 0.3) is 10.0 Å². The molecule has 0 atom stereocenters. The Morgan fingerprint density at radius 3 is 2.33 bits per heavy atom. The normalized spacial score (nSPS) is 12.9. The van der Waals surface area contributed by atoms with Gasteiger partial charge in [0.1, 0.15) is 0 Å². The monoisotopic (exact) mass is 301 g/mol. The molecular weight excluding hydrogens is 290 g/mol. The van der Waals surface area contributed by atoms with E-state index in [1.165, 1.54) is 23.7 Å². The van der Waals surface area contributed by atoms with Crippen molar-refractivity contribution >= 4 is 33.8 Å². The predicted octanol–water partition coefficient (Wildman–Crippen LogP) is 1.44. The third-order valence-corrected chi connectivity index (χ3v) is 4.95. The maximum absolute atomic E-state index is 12.1. The first-order chi connectivity index (χ1) is 8.42. The lowest BCUT2D eigenvalue weighted by atomic mass is 10.4. The van der Waals surface area contributed by atoms with E-state index in [0.29, 0.717) is 9.57 Å². The second kappa shape index (κ2) is 4.79. The highest BCUT2D eigenvalue weighted by Crippen LogP contribution is 2.10. The van der Waals surface area contributed by atoms with Crippen LogP contribution in [0.1, 0.15) is 0 Å². The average molecular weight is 301 g/mol. The van der Waals surface area contributed by atoms with Crippen molar-refractivity contribution in [3.05, 3.63) is 39.9 Å². The lowest BCUT2D eigenvalue weighted by Gasteiger charge is -1.98. The van der Waals surface area contributed by atoms with Crippen LogP contribution in [-0.4, -0.2) is 16.9 Å². The van der Waals surface area contributed by atoms with Crippen LogP contribution in [0.15, 0.2) is 39.6 Å². The van der Waals surface area contributed by atoms with Crippen molar-refractivity contribution in [1.82, 2.24) is 8.52 Å². The van der Waals surface area contributed by atoms with Crippen molar-refractivity contribution in [2.75, 3.05) is 0 Å². The summed E-state index contributed by atoms with van der Waals surface area (Å²) in [6, 6.07) is 8.10. The van der Waals surface area contributed by atoms with E-state index in [1.807, 2.05) is 0 Å². The molecule has 0 aliphatic rings. The van der Waals surface area contributed by atoms with Crippen LogP contribution < -0.4 is 5.62 Å². The minimum absolute atomic E-state index is 0.169. The number of rotatable bonds is 2. The number of benzene rings is 1. The Bertz CT molecular complexity index is 782. The smallest absolute Gasteiger partial charge is 0.285 e. The molecule has 0 aliphatic heterocycles. The molecule has 96 valence electrons. The molecule has 1 heterocycles. The lowest BCUT2D eigenvalue weighted by Crippen LogP contribution is -2.23. The molecule has 8 heteroatoms. The summed E-state index contributed by atoms with van der Waals surface area (Å²) in [5.41, 5.74) is 0.314. The molecular formula is C10H11N3O2S3. The van der Waals surface area contributed by atoms with Gasteiger partial charge < -0.3 is 0 Å². The first-order valence-corrected chi connectivity index (χ1v) is 7.63. The molecule has 0 amide bonds. The maximum Gasteiger partial charge on any atom is 0.285 e. The van der Waals surface area contributed by atoms with Crippen molar-refractivity contribution in [2.24, 2.45) is 18.5 Å². The van der Waals surface area contributed by atoms with Crippen molar-refractivity contribution in [2.45, 2.75) is 4.90 Å². The maximum atomic E-state index is 12.1. The molecule has 0 saturated heterocycles. The van der Waals surface area contributed by atoms with Gasteiger partial charge in [-0.25, -0.2) is 0 Å². The van der Waals surface area contributed by atoms with Gasteiger partial charge in [0.15, 0.2) is 3.95 Å². The quantitative estimate of drug-likeness (QED) is 0.789. The van der Waals surface area contributed by atoms with Crippen LogP contribution in [0, 0.1) is 3.95 Å². The van der Waals surface area contributed by atoms with Gasteiger partial charge >= 0.3 is 0 Å². The first kappa shape index (κ1) is 13.2. The molecule has 0 spiro atoms. The van der Waals surface area contributed by atoms with Gasteiger partial charge in [-0.05, 0) is 35.9 Å². The number of aryl methyl sites for hydroxylation is 1. The van der Waals surface area contributed by atoms with Crippen LogP contribution in [0.3, 0.4) is 0 Å². The Morgan fingerprint density at radius 1 is 1.22 bits per heavy atom. The van der Waals surface area contributed by atoms with Crippen molar-refractivity contribution in [3.63, 3.8) is 0 Å². The van der Waals surface area contributed by atoms with Gasteiger partial charge in [-0.2, -0.15) is 8.42 Å². The largest absolute Gasteiger partial charge is 0.295 e. The first-order valence-electron chi connectivity index (χ1n) is 5.01. The van der Waals surface area contributed by atoms with Crippen LogP contribution in [0.4, 0.5) is 0 Å². The minimum atomic E-state index is -3.70. The summed E-state index contributed by atoms with van der Waals surface area (Å²) in [5, 5.41) is 0. The van der Waals surface area contributed by atoms with Crippen LogP contribution in [0.25, 0.3) is 0 Å². The highest BCUT2D eigenvalue weighted by atomic mass is 32.2. The molecule has 2 rings (SSSR count). The molecule has 1 aromatic heterocycles. The van der Waals surface area contributed by atoms with Gasteiger partial charge in [-0.3, -0.25) is 8.52 Å². The molecule has 0 saturated carbocycles. The van der Waals surface area contributed by atoms with Gasteiger partial charge in [-0.15, -0.1) is 4.40 Å². The third kappa shape index (κ3) is 2.45. The molecule has 18 heavy (non-hydrogen) atoms. The third-order valence-electron chi connectivity index (χ3n) is 2.31. The molecule has 0 aliphatic carbocycles. The topological polar surface area (TPSA) is 56.4 Å². The van der Waals surface area contributed by atoms with Crippen molar-refractivity contribution in [3.8, 4) is 0 Å². The lowest BCUT2D eigenvalue weighted by molar-refractivity contribution is 0.593. The van der Waals surface area contributed by atoms with Crippen LogP contribution in [-0.2, 0) is 24.1 Å². The summed E-state index contributed by atoms with van der Waals surface area (Å²) in [4.78, 5) is 0.169. The zero-order valence-corrected chi connectivity index (χ0v) is 12.2. The van der Waals surface area contributed by atoms with Gasteiger partial charge in [-0.1, -0.05) is 18.2 Å². The molecule has 5 nitrogen and oxygen atoms in total. The van der Waals surface area contributed by atoms with Crippen LogP contribution in [0.5, 0.6) is 0 Å². The summed E-state index contributed by atoms with van der Waals surface area (Å²) in [6.07, 6.45) is 0. The second-order valence-corrected chi connectivity index (χ2v) is 6.96. The highest BCUT2D eigenvalue weighted by molar-refractivity contribution is 7.90. The van der Waals surface area contributed by atoms with E-state index in [0.717, 1.165) is 0 Å². The van der Waals surface area contributed by atoms with Gasteiger partial charge in [0.2, 0.25) is 5.62 Å². The average Bonchev–Trinajstić information content (AvgIpc) is 2.57. The van der Waals surface area contributed by atoms with E-state index in [-0.39, 0.29) is 4.90 Å². The van der Waals surface area contributed by atoms with E-state index in [2.05, 4.69) is 4.40 Å². The van der Waals surface area contributed by atoms with Crippen LogP contribution >= 0.6 is 23.8 Å². The molecule has 0 fully saturated rings. The molecule has 0 radical (unpaired) electrons. The summed E-state index contributed by atoms with van der Waals surface area (Å²) in [6.45, 7) is 0. The second-order valence-electron chi connectivity index (χ2n) is 3.59. The summed E-state index contributed by atoms with van der Waals surface area (Å²) >= 11 is 6.34. The fourth-order valence-corrected chi connectivity index (χ4v) is 3.60. The Kier molecular flexibility index (Phi) is 3.51. The molecule has 0 bridgehead atoms. The fourth-order valence-electron chi connectivity index (χ4n) is 1.38. The number of nitrogens with zero attached hydrogens (tertiary/aromatic N) is 3. The summed E-state index contributed by atoms with van der Waals surface area (Å²) in [5.74, 6) is 0. The summed E-state index contributed by atoms with van der Waals surface area (Å²) < 4.78 is 31.8. The highest BCUT2D eigenvalue weighted by Gasteiger charge is 2.12. The van der Waals surface area contributed by atoms with Crippen molar-refractivity contribution in [1.29, 1.82) is 0 Å². The Balaban J connectivity index is 2.68. The fraction of sp³-hybridized carbons (Fsp3) is 0.200. The predicted molar refractivity (Wildman–Crippen MR) is 72.3 cm³/mol.